The van der Waals surface area contributed by atoms with E-state index in [1.807, 2.05) is 16.8 Å². The lowest BCUT2D eigenvalue weighted by atomic mass is 10.3. The van der Waals surface area contributed by atoms with Crippen LogP contribution in [0.3, 0.4) is 0 Å². The summed E-state index contributed by atoms with van der Waals surface area (Å²) in [5.41, 5.74) is 0. The van der Waals surface area contributed by atoms with E-state index in [0.29, 0.717) is 15.8 Å². The zero-order chi connectivity index (χ0) is 9.97. The summed E-state index contributed by atoms with van der Waals surface area (Å²) in [5, 5.41) is 4.78. The molecule has 0 unspecified atom stereocenters. The molecule has 0 saturated carbocycles. The normalized spacial score (nSPS) is 10.1. The van der Waals surface area contributed by atoms with Crippen LogP contribution in [0.5, 0.6) is 11.5 Å². The largest absolute Gasteiger partial charge is 0.455 e. The topological polar surface area (TPSA) is 9.23 Å². The van der Waals surface area contributed by atoms with Crippen LogP contribution in [0.15, 0.2) is 35.0 Å². The number of benzene rings is 1. The van der Waals surface area contributed by atoms with Gasteiger partial charge in [0.15, 0.2) is 0 Å². The Morgan fingerprint density at radius 1 is 1.14 bits per heavy atom. The summed E-state index contributed by atoms with van der Waals surface area (Å²) in [6.07, 6.45) is 0. The van der Waals surface area contributed by atoms with Crippen molar-refractivity contribution in [2.45, 2.75) is 0 Å². The van der Waals surface area contributed by atoms with Gasteiger partial charge in [0.05, 0.1) is 5.02 Å². The van der Waals surface area contributed by atoms with E-state index >= 15 is 0 Å². The molecule has 14 heavy (non-hydrogen) atoms. The maximum atomic E-state index is 5.96. The van der Waals surface area contributed by atoms with Crippen molar-refractivity contribution in [2.75, 3.05) is 0 Å². The second kappa shape index (κ2) is 4.22. The van der Waals surface area contributed by atoms with Crippen LogP contribution in [0.1, 0.15) is 0 Å². The van der Waals surface area contributed by atoms with Crippen molar-refractivity contribution in [3.05, 3.63) is 45.1 Å². The SMILES string of the molecule is Clc1cccc(Oc2ccsc2)c1Cl. The molecule has 0 aliphatic carbocycles. The number of hydrogen-bond acceptors (Lipinski definition) is 2. The lowest BCUT2D eigenvalue weighted by Crippen LogP contribution is -1.82. The van der Waals surface area contributed by atoms with Crippen LogP contribution in [0.2, 0.25) is 10.0 Å². The molecule has 0 N–H and O–H groups in total. The Labute approximate surface area is 95.8 Å². The molecule has 0 saturated heterocycles. The molecule has 1 heterocycles. The predicted molar refractivity (Wildman–Crippen MR) is 60.9 cm³/mol. The molecule has 0 spiro atoms. The van der Waals surface area contributed by atoms with Crippen molar-refractivity contribution in [3.8, 4) is 11.5 Å². The highest BCUT2D eigenvalue weighted by Gasteiger charge is 2.06. The summed E-state index contributed by atoms with van der Waals surface area (Å²) >= 11 is 13.4. The number of rotatable bonds is 2. The molecule has 1 aromatic heterocycles. The molecule has 72 valence electrons. The summed E-state index contributed by atoms with van der Waals surface area (Å²) in [7, 11) is 0. The van der Waals surface area contributed by atoms with Gasteiger partial charge in [-0.25, -0.2) is 0 Å². The molecule has 0 amide bonds. The molecule has 1 aromatic carbocycles. The van der Waals surface area contributed by atoms with Gasteiger partial charge in [-0.15, -0.1) is 11.3 Å². The standard InChI is InChI=1S/C10H6Cl2OS/c11-8-2-1-3-9(10(8)12)13-7-4-5-14-6-7/h1-6H. The van der Waals surface area contributed by atoms with E-state index in [4.69, 9.17) is 27.9 Å². The first-order valence-corrected chi connectivity index (χ1v) is 5.61. The molecule has 1 nitrogen and oxygen atoms in total. The summed E-state index contributed by atoms with van der Waals surface area (Å²) in [4.78, 5) is 0. The Kier molecular flexibility index (Phi) is 2.96. The van der Waals surface area contributed by atoms with Crippen molar-refractivity contribution in [1.29, 1.82) is 0 Å². The summed E-state index contributed by atoms with van der Waals surface area (Å²) in [6.45, 7) is 0. The van der Waals surface area contributed by atoms with Crippen LogP contribution in [-0.4, -0.2) is 0 Å². The third-order valence-electron chi connectivity index (χ3n) is 1.64. The van der Waals surface area contributed by atoms with Gasteiger partial charge >= 0.3 is 0 Å². The quantitative estimate of drug-likeness (QED) is 0.734. The van der Waals surface area contributed by atoms with E-state index in [1.54, 1.807) is 29.5 Å². The van der Waals surface area contributed by atoms with Crippen LogP contribution in [0, 0.1) is 0 Å². The molecule has 0 bridgehead atoms. The number of halogens is 2. The predicted octanol–water partition coefficient (Wildman–Crippen LogP) is 4.85. The minimum absolute atomic E-state index is 0.445. The van der Waals surface area contributed by atoms with E-state index < -0.39 is 0 Å². The van der Waals surface area contributed by atoms with Gasteiger partial charge in [0.25, 0.3) is 0 Å². The highest BCUT2D eigenvalue weighted by Crippen LogP contribution is 2.34. The van der Waals surface area contributed by atoms with Gasteiger partial charge in [-0.05, 0) is 23.6 Å². The molecule has 2 aromatic rings. The lowest BCUT2D eigenvalue weighted by Gasteiger charge is -2.05. The fourth-order valence-electron chi connectivity index (χ4n) is 1.000. The van der Waals surface area contributed by atoms with Crippen LogP contribution in [-0.2, 0) is 0 Å². The monoisotopic (exact) mass is 244 g/mol. The maximum absolute atomic E-state index is 5.96. The zero-order valence-corrected chi connectivity index (χ0v) is 9.36. The second-order valence-electron chi connectivity index (χ2n) is 2.61. The van der Waals surface area contributed by atoms with Crippen LogP contribution in [0.25, 0.3) is 0 Å². The first kappa shape index (κ1) is 9.84. The lowest BCUT2D eigenvalue weighted by molar-refractivity contribution is 0.485. The highest BCUT2D eigenvalue weighted by atomic mass is 35.5. The van der Waals surface area contributed by atoms with E-state index in [2.05, 4.69) is 0 Å². The average molecular weight is 245 g/mol. The third-order valence-corrected chi connectivity index (χ3v) is 3.10. The van der Waals surface area contributed by atoms with Crippen molar-refractivity contribution < 1.29 is 4.74 Å². The molecular formula is C10H6Cl2OS. The molecule has 4 heteroatoms. The van der Waals surface area contributed by atoms with Gasteiger partial charge in [0.2, 0.25) is 0 Å². The van der Waals surface area contributed by atoms with E-state index in [-0.39, 0.29) is 0 Å². The molecule has 2 rings (SSSR count). The van der Waals surface area contributed by atoms with Crippen molar-refractivity contribution in [3.63, 3.8) is 0 Å². The van der Waals surface area contributed by atoms with Crippen molar-refractivity contribution >= 4 is 34.5 Å². The molecular weight excluding hydrogens is 239 g/mol. The molecule has 0 aliphatic rings. The first-order chi connectivity index (χ1) is 6.77. The third kappa shape index (κ3) is 2.03. The zero-order valence-electron chi connectivity index (χ0n) is 7.04. The van der Waals surface area contributed by atoms with Crippen LogP contribution in [0.4, 0.5) is 0 Å². The summed E-state index contributed by atoms with van der Waals surface area (Å²) < 4.78 is 5.52. The van der Waals surface area contributed by atoms with Gasteiger partial charge < -0.3 is 4.74 Å². The second-order valence-corrected chi connectivity index (χ2v) is 4.18. The number of thiophene rings is 1. The number of hydrogen-bond donors (Lipinski definition) is 0. The first-order valence-electron chi connectivity index (χ1n) is 3.91. The van der Waals surface area contributed by atoms with E-state index in [0.717, 1.165) is 5.75 Å². The fraction of sp³-hybridized carbons (Fsp3) is 0. The summed E-state index contributed by atoms with van der Waals surface area (Å²) in [5.74, 6) is 1.36. The van der Waals surface area contributed by atoms with Gasteiger partial charge in [0, 0.05) is 5.38 Å². The van der Waals surface area contributed by atoms with Crippen molar-refractivity contribution in [2.24, 2.45) is 0 Å². The van der Waals surface area contributed by atoms with Gasteiger partial charge in [0.1, 0.15) is 16.5 Å². The fourth-order valence-corrected chi connectivity index (χ4v) is 1.88. The van der Waals surface area contributed by atoms with Gasteiger partial charge in [-0.3, -0.25) is 0 Å². The number of ether oxygens (including phenoxy) is 1. The summed E-state index contributed by atoms with van der Waals surface area (Å²) in [6, 6.07) is 7.19. The Balaban J connectivity index is 2.29. The minimum atomic E-state index is 0.445. The van der Waals surface area contributed by atoms with E-state index in [9.17, 15) is 0 Å². The van der Waals surface area contributed by atoms with Gasteiger partial charge in [-0.2, -0.15) is 0 Å². The molecule has 0 atom stereocenters. The Morgan fingerprint density at radius 3 is 2.71 bits per heavy atom. The van der Waals surface area contributed by atoms with E-state index in [1.165, 1.54) is 0 Å². The Bertz CT molecular complexity index is 426. The van der Waals surface area contributed by atoms with Crippen molar-refractivity contribution in [1.82, 2.24) is 0 Å². The minimum Gasteiger partial charge on any atom is -0.455 e. The van der Waals surface area contributed by atoms with Gasteiger partial charge in [-0.1, -0.05) is 29.3 Å². The smallest absolute Gasteiger partial charge is 0.147 e. The van der Waals surface area contributed by atoms with Crippen LogP contribution >= 0.6 is 34.5 Å². The average Bonchev–Trinajstić information content (AvgIpc) is 2.66. The molecule has 0 aliphatic heterocycles. The Morgan fingerprint density at radius 2 is 2.00 bits per heavy atom. The van der Waals surface area contributed by atoms with Crippen LogP contribution < -0.4 is 4.74 Å². The molecule has 0 radical (unpaired) electrons. The maximum Gasteiger partial charge on any atom is 0.147 e. The highest BCUT2D eigenvalue weighted by molar-refractivity contribution is 7.08. The molecule has 0 fully saturated rings. The Hall–Kier alpha value is -0.700.